The summed E-state index contributed by atoms with van der Waals surface area (Å²) in [5.41, 5.74) is 0.0449. The third kappa shape index (κ3) is 1.51. The van der Waals surface area contributed by atoms with Crippen LogP contribution in [0.2, 0.25) is 0 Å². The monoisotopic (exact) mass is 164 g/mol. The van der Waals surface area contributed by atoms with Crippen LogP contribution in [-0.2, 0) is 26.2 Å². The Morgan fingerprint density at radius 1 is 1.67 bits per heavy atom. The molecule has 0 aromatic carbocycles. The van der Waals surface area contributed by atoms with Gasteiger partial charge in [0.05, 0.1) is 5.60 Å². The van der Waals surface area contributed by atoms with Gasteiger partial charge in [0.2, 0.25) is 0 Å². The summed E-state index contributed by atoms with van der Waals surface area (Å²) in [5.74, 6) is 0. The molecule has 1 aliphatic rings. The molecule has 1 saturated heterocycles. The van der Waals surface area contributed by atoms with Crippen molar-refractivity contribution in [3.8, 4) is 0 Å². The molecule has 0 aliphatic carbocycles. The minimum atomic E-state index is 0.0449. The van der Waals surface area contributed by atoms with Crippen molar-refractivity contribution in [1.29, 1.82) is 0 Å². The Balaban J connectivity index is 2.62. The number of rotatable bonds is 1. The van der Waals surface area contributed by atoms with Crippen molar-refractivity contribution in [2.24, 2.45) is 0 Å². The number of thiol groups is 1. The van der Waals surface area contributed by atoms with Crippen molar-refractivity contribution in [1.82, 2.24) is 0 Å². The van der Waals surface area contributed by atoms with Crippen LogP contribution < -0.4 is 0 Å². The molecular weight excluding hydrogens is 152 g/mol. The van der Waals surface area contributed by atoms with E-state index >= 15 is 0 Å². The fourth-order valence-corrected chi connectivity index (χ4v) is 2.67. The summed E-state index contributed by atoms with van der Waals surface area (Å²) in [4.78, 5) is 0. The highest BCUT2D eigenvalue weighted by atomic mass is 32.8. The van der Waals surface area contributed by atoms with E-state index in [0.29, 0.717) is 5.25 Å². The van der Waals surface area contributed by atoms with Gasteiger partial charge in [-0.15, -0.1) is 10.3 Å². The van der Waals surface area contributed by atoms with Crippen molar-refractivity contribution in [2.45, 2.75) is 31.1 Å². The van der Waals surface area contributed by atoms with Crippen LogP contribution in [0.1, 0.15) is 20.3 Å². The van der Waals surface area contributed by atoms with Crippen LogP contribution in [-0.4, -0.2) is 17.5 Å². The molecule has 0 unspecified atom stereocenters. The first-order valence-corrected chi connectivity index (χ1v) is 5.11. The van der Waals surface area contributed by atoms with Gasteiger partial charge in [-0.05, 0) is 20.3 Å². The van der Waals surface area contributed by atoms with Crippen molar-refractivity contribution in [3.05, 3.63) is 0 Å². The van der Waals surface area contributed by atoms with E-state index in [-0.39, 0.29) is 5.60 Å². The average Bonchev–Trinajstić information content (AvgIpc) is 2.08. The van der Waals surface area contributed by atoms with Gasteiger partial charge < -0.3 is 4.74 Å². The normalized spacial score (nSPS) is 32.9. The molecule has 0 spiro atoms. The summed E-state index contributed by atoms with van der Waals surface area (Å²) >= 11 is 4.95. The number of hydrogen-bond donors (Lipinski definition) is 1. The Bertz CT molecular complexity index is 122. The summed E-state index contributed by atoms with van der Waals surface area (Å²) in [7, 11) is 1.06. The lowest BCUT2D eigenvalue weighted by Gasteiger charge is -2.21. The van der Waals surface area contributed by atoms with E-state index in [4.69, 9.17) is 15.9 Å². The molecule has 1 nitrogen and oxygen atoms in total. The van der Waals surface area contributed by atoms with Gasteiger partial charge in [-0.25, -0.2) is 0 Å². The lowest BCUT2D eigenvalue weighted by Crippen LogP contribution is -2.30. The zero-order valence-corrected chi connectivity index (χ0v) is 7.47. The number of ether oxygens (including phenoxy) is 1. The van der Waals surface area contributed by atoms with Gasteiger partial charge in [-0.2, -0.15) is 0 Å². The molecule has 0 amide bonds. The molecule has 0 N–H and O–H groups in total. The summed E-state index contributed by atoms with van der Waals surface area (Å²) in [6, 6.07) is 0. The topological polar surface area (TPSA) is 9.23 Å². The van der Waals surface area contributed by atoms with Gasteiger partial charge in [-0.1, -0.05) is 11.2 Å². The molecular formula is C6H12OS2. The molecule has 0 saturated carbocycles. The van der Waals surface area contributed by atoms with Crippen LogP contribution >= 0.6 is 0 Å². The van der Waals surface area contributed by atoms with E-state index < -0.39 is 0 Å². The van der Waals surface area contributed by atoms with E-state index in [2.05, 4.69) is 13.8 Å². The largest absolute Gasteiger partial charge is 0.374 e. The molecule has 3 heteroatoms. The first-order chi connectivity index (χ1) is 4.17. The minimum Gasteiger partial charge on any atom is -0.374 e. The zero-order valence-electron chi connectivity index (χ0n) is 5.76. The molecule has 0 aromatic heterocycles. The van der Waals surface area contributed by atoms with Crippen LogP contribution in [0.25, 0.3) is 0 Å². The molecule has 0 bridgehead atoms. The molecule has 1 heterocycles. The Morgan fingerprint density at radius 3 is 2.56 bits per heavy atom. The fraction of sp³-hybridized carbons (Fsp3) is 1.00. The van der Waals surface area contributed by atoms with Crippen LogP contribution in [0.3, 0.4) is 0 Å². The third-order valence-corrected chi connectivity index (χ3v) is 3.69. The predicted molar refractivity (Wildman–Crippen MR) is 44.6 cm³/mol. The van der Waals surface area contributed by atoms with Gasteiger partial charge in [-0.3, -0.25) is 0 Å². The van der Waals surface area contributed by atoms with Crippen molar-refractivity contribution >= 4 is 21.5 Å². The molecule has 54 valence electrons. The minimum absolute atomic E-state index is 0.0449. The van der Waals surface area contributed by atoms with Gasteiger partial charge in [0.1, 0.15) is 0 Å². The first-order valence-electron chi connectivity index (χ1n) is 3.13. The quantitative estimate of drug-likeness (QED) is 0.575. The molecule has 1 atom stereocenters. The molecule has 0 radical (unpaired) electrons. The SMILES string of the molecule is CC1(C)OCC[C@H]1[SH]=S. The van der Waals surface area contributed by atoms with Gasteiger partial charge in [0.15, 0.2) is 0 Å². The van der Waals surface area contributed by atoms with E-state index in [1.54, 1.807) is 0 Å². The highest BCUT2D eigenvalue weighted by Gasteiger charge is 2.33. The molecule has 1 fully saturated rings. The Hall–Kier alpha value is 0.530. The molecule has 0 aromatic rings. The van der Waals surface area contributed by atoms with Gasteiger partial charge in [0.25, 0.3) is 0 Å². The van der Waals surface area contributed by atoms with E-state index in [9.17, 15) is 0 Å². The van der Waals surface area contributed by atoms with Crippen molar-refractivity contribution in [3.63, 3.8) is 0 Å². The molecule has 1 aliphatic heterocycles. The Kier molecular flexibility index (Phi) is 2.24. The third-order valence-electron chi connectivity index (χ3n) is 1.80. The fourth-order valence-electron chi connectivity index (χ4n) is 1.06. The summed E-state index contributed by atoms with van der Waals surface area (Å²) in [6.07, 6.45) is 1.14. The number of hydrogen-bond acceptors (Lipinski definition) is 2. The first kappa shape index (κ1) is 7.63. The van der Waals surface area contributed by atoms with Crippen LogP contribution in [0.4, 0.5) is 0 Å². The second-order valence-electron chi connectivity index (χ2n) is 2.86. The van der Waals surface area contributed by atoms with Gasteiger partial charge in [0, 0.05) is 11.9 Å². The van der Waals surface area contributed by atoms with Crippen LogP contribution in [0.15, 0.2) is 0 Å². The molecule has 9 heavy (non-hydrogen) atoms. The molecule has 1 rings (SSSR count). The average molecular weight is 164 g/mol. The van der Waals surface area contributed by atoms with Crippen molar-refractivity contribution < 1.29 is 4.74 Å². The van der Waals surface area contributed by atoms with Crippen LogP contribution in [0, 0.1) is 0 Å². The Morgan fingerprint density at radius 2 is 2.33 bits per heavy atom. The van der Waals surface area contributed by atoms with Crippen molar-refractivity contribution in [2.75, 3.05) is 6.61 Å². The maximum atomic E-state index is 5.47. The zero-order chi connectivity index (χ0) is 6.91. The lowest BCUT2D eigenvalue weighted by atomic mass is 10.1. The second kappa shape index (κ2) is 2.64. The standard InChI is InChI=1S/C6H12OS2/c1-6(2)5(9-8)3-4-7-6/h5,9H,3-4H2,1-2H3/t5-/m1/s1. The van der Waals surface area contributed by atoms with Crippen LogP contribution in [0.5, 0.6) is 0 Å². The maximum absolute atomic E-state index is 5.47. The summed E-state index contributed by atoms with van der Waals surface area (Å²) in [5, 5.41) is 0.576. The summed E-state index contributed by atoms with van der Waals surface area (Å²) < 4.78 is 5.47. The highest BCUT2D eigenvalue weighted by Crippen LogP contribution is 2.25. The highest BCUT2D eigenvalue weighted by molar-refractivity contribution is 8.18. The predicted octanol–water partition coefficient (Wildman–Crippen LogP) is 0.831. The smallest absolute Gasteiger partial charge is 0.0746 e. The van der Waals surface area contributed by atoms with E-state index in [1.165, 1.54) is 0 Å². The van der Waals surface area contributed by atoms with E-state index in [1.807, 2.05) is 0 Å². The van der Waals surface area contributed by atoms with Gasteiger partial charge >= 0.3 is 0 Å². The summed E-state index contributed by atoms with van der Waals surface area (Å²) in [6.45, 7) is 5.12. The lowest BCUT2D eigenvalue weighted by molar-refractivity contribution is 0.0395. The van der Waals surface area contributed by atoms with E-state index in [0.717, 1.165) is 23.3 Å². The second-order valence-corrected chi connectivity index (χ2v) is 4.33. The maximum Gasteiger partial charge on any atom is 0.0746 e. The Labute approximate surface area is 64.4 Å².